The maximum Gasteiger partial charge on any atom is 0.269 e. The van der Waals surface area contributed by atoms with Crippen LogP contribution in [0.5, 0.6) is 0 Å². The van der Waals surface area contributed by atoms with Crippen molar-refractivity contribution in [3.05, 3.63) is 34.4 Å². The Bertz CT molecular complexity index is 500. The van der Waals surface area contributed by atoms with E-state index in [1.165, 1.54) is 23.9 Å². The number of ether oxygens (including phenoxy) is 1. The highest BCUT2D eigenvalue weighted by Crippen LogP contribution is 2.25. The summed E-state index contributed by atoms with van der Waals surface area (Å²) in [6.45, 7) is 3.13. The van der Waals surface area contributed by atoms with E-state index in [0.29, 0.717) is 6.54 Å². The summed E-state index contributed by atoms with van der Waals surface area (Å²) >= 11 is 1.38. The molecule has 1 fully saturated rings. The molecular formula is C14H18N2O4S. The van der Waals surface area contributed by atoms with Gasteiger partial charge in [-0.1, -0.05) is 0 Å². The molecular weight excluding hydrogens is 292 g/mol. The van der Waals surface area contributed by atoms with Crippen LogP contribution in [0, 0.1) is 10.1 Å². The minimum atomic E-state index is -0.438. The molecule has 21 heavy (non-hydrogen) atoms. The molecule has 0 radical (unpaired) electrons. The van der Waals surface area contributed by atoms with E-state index >= 15 is 0 Å². The van der Waals surface area contributed by atoms with Gasteiger partial charge in [-0.05, 0) is 31.9 Å². The zero-order valence-electron chi connectivity index (χ0n) is 11.8. The van der Waals surface area contributed by atoms with Crippen LogP contribution in [-0.2, 0) is 9.53 Å². The van der Waals surface area contributed by atoms with E-state index in [2.05, 4.69) is 5.32 Å². The molecule has 2 rings (SSSR count). The van der Waals surface area contributed by atoms with Gasteiger partial charge in [-0.25, -0.2) is 0 Å². The van der Waals surface area contributed by atoms with Crippen LogP contribution >= 0.6 is 11.8 Å². The van der Waals surface area contributed by atoms with E-state index in [9.17, 15) is 14.9 Å². The van der Waals surface area contributed by atoms with Gasteiger partial charge in [-0.3, -0.25) is 14.9 Å². The van der Waals surface area contributed by atoms with Crippen molar-refractivity contribution in [3.63, 3.8) is 0 Å². The van der Waals surface area contributed by atoms with Crippen LogP contribution in [0.3, 0.4) is 0 Å². The quantitative estimate of drug-likeness (QED) is 0.495. The average molecular weight is 310 g/mol. The third-order valence-electron chi connectivity index (χ3n) is 3.26. The number of hydrogen-bond acceptors (Lipinski definition) is 5. The van der Waals surface area contributed by atoms with Crippen molar-refractivity contribution in [2.75, 3.05) is 13.2 Å². The lowest BCUT2D eigenvalue weighted by molar-refractivity contribution is -0.384. The van der Waals surface area contributed by atoms with E-state index < -0.39 is 4.92 Å². The lowest BCUT2D eigenvalue weighted by Gasteiger charge is -2.14. The molecule has 0 bridgehead atoms. The normalized spacial score (nSPS) is 19.2. The van der Waals surface area contributed by atoms with Crippen LogP contribution in [0.4, 0.5) is 5.69 Å². The Morgan fingerprint density at radius 1 is 1.52 bits per heavy atom. The summed E-state index contributed by atoms with van der Waals surface area (Å²) in [7, 11) is 0. The van der Waals surface area contributed by atoms with Crippen molar-refractivity contribution < 1.29 is 14.5 Å². The Balaban J connectivity index is 1.80. The summed E-state index contributed by atoms with van der Waals surface area (Å²) in [6.07, 6.45) is 2.17. The number of hydrogen-bond donors (Lipinski definition) is 1. The molecule has 7 heteroatoms. The van der Waals surface area contributed by atoms with E-state index in [1.807, 2.05) is 6.92 Å². The summed E-state index contributed by atoms with van der Waals surface area (Å²) < 4.78 is 5.45. The number of nitrogens with one attached hydrogen (secondary N) is 1. The predicted octanol–water partition coefficient (Wildman–Crippen LogP) is 2.37. The van der Waals surface area contributed by atoms with Gasteiger partial charge in [0.05, 0.1) is 16.3 Å². The van der Waals surface area contributed by atoms with Crippen molar-refractivity contribution in [2.24, 2.45) is 0 Å². The number of nitro benzene ring substituents is 1. The highest BCUT2D eigenvalue weighted by molar-refractivity contribution is 8.00. The highest BCUT2D eigenvalue weighted by atomic mass is 32.2. The molecule has 1 aromatic carbocycles. The van der Waals surface area contributed by atoms with Gasteiger partial charge in [-0.2, -0.15) is 0 Å². The predicted molar refractivity (Wildman–Crippen MR) is 80.4 cm³/mol. The van der Waals surface area contributed by atoms with E-state index in [1.54, 1.807) is 12.1 Å². The first-order valence-corrected chi connectivity index (χ1v) is 7.74. The maximum absolute atomic E-state index is 12.0. The monoisotopic (exact) mass is 310 g/mol. The first-order chi connectivity index (χ1) is 10.1. The molecule has 2 unspecified atom stereocenters. The second-order valence-electron chi connectivity index (χ2n) is 4.89. The van der Waals surface area contributed by atoms with Gasteiger partial charge in [-0.15, -0.1) is 11.8 Å². The molecule has 1 aliphatic heterocycles. The number of carbonyl (C=O) groups excluding carboxylic acids is 1. The molecule has 1 aromatic rings. The van der Waals surface area contributed by atoms with Crippen LogP contribution in [0.1, 0.15) is 19.8 Å². The molecule has 2 atom stereocenters. The number of non-ortho nitro benzene ring substituents is 1. The third kappa shape index (κ3) is 4.71. The highest BCUT2D eigenvalue weighted by Gasteiger charge is 2.19. The number of rotatable bonds is 6. The fourth-order valence-electron chi connectivity index (χ4n) is 2.07. The Morgan fingerprint density at radius 2 is 2.24 bits per heavy atom. The fraction of sp³-hybridized carbons (Fsp3) is 0.500. The molecule has 0 aliphatic carbocycles. The molecule has 0 spiro atoms. The Hall–Kier alpha value is -1.60. The largest absolute Gasteiger partial charge is 0.376 e. The summed E-state index contributed by atoms with van der Waals surface area (Å²) in [5.41, 5.74) is 0.0508. The second kappa shape index (κ2) is 7.42. The van der Waals surface area contributed by atoms with Crippen LogP contribution in [0.15, 0.2) is 29.2 Å². The summed E-state index contributed by atoms with van der Waals surface area (Å²) in [5.74, 6) is -0.0474. The standard InChI is InChI=1S/C14H18N2O4S/c1-10(14(17)15-9-12-3-2-8-20-12)21-13-6-4-11(5-7-13)16(18)19/h4-7,10,12H,2-3,8-9H2,1H3,(H,15,17). The van der Waals surface area contributed by atoms with Crippen molar-refractivity contribution in [1.82, 2.24) is 5.32 Å². The Labute approximate surface area is 127 Å². The molecule has 0 saturated carbocycles. The summed E-state index contributed by atoms with van der Waals surface area (Å²) in [6, 6.07) is 6.21. The fourth-order valence-corrected chi connectivity index (χ4v) is 2.96. The van der Waals surface area contributed by atoms with Crippen LogP contribution in [0.25, 0.3) is 0 Å². The Morgan fingerprint density at radius 3 is 2.81 bits per heavy atom. The molecule has 1 aliphatic rings. The Kier molecular flexibility index (Phi) is 5.58. The number of benzene rings is 1. The molecule has 1 heterocycles. The lowest BCUT2D eigenvalue weighted by Crippen LogP contribution is -2.36. The van der Waals surface area contributed by atoms with Crippen molar-refractivity contribution in [1.29, 1.82) is 0 Å². The van der Waals surface area contributed by atoms with Gasteiger partial charge in [0.15, 0.2) is 0 Å². The molecule has 1 saturated heterocycles. The van der Waals surface area contributed by atoms with Crippen molar-refractivity contribution >= 4 is 23.4 Å². The maximum atomic E-state index is 12.0. The smallest absolute Gasteiger partial charge is 0.269 e. The number of nitrogens with zero attached hydrogens (tertiary/aromatic N) is 1. The number of thioether (sulfide) groups is 1. The average Bonchev–Trinajstić information content (AvgIpc) is 2.98. The number of nitro groups is 1. The van der Waals surface area contributed by atoms with Crippen molar-refractivity contribution in [2.45, 2.75) is 36.0 Å². The molecule has 6 nitrogen and oxygen atoms in total. The van der Waals surface area contributed by atoms with Crippen LogP contribution in [-0.4, -0.2) is 35.3 Å². The molecule has 1 N–H and O–H groups in total. The van der Waals surface area contributed by atoms with Gasteiger partial charge in [0, 0.05) is 30.2 Å². The van der Waals surface area contributed by atoms with Crippen LogP contribution in [0.2, 0.25) is 0 Å². The van der Waals surface area contributed by atoms with E-state index in [-0.39, 0.29) is 22.9 Å². The topological polar surface area (TPSA) is 81.5 Å². The lowest BCUT2D eigenvalue weighted by atomic mass is 10.2. The number of amides is 1. The zero-order valence-corrected chi connectivity index (χ0v) is 12.6. The molecule has 0 aromatic heterocycles. The van der Waals surface area contributed by atoms with Gasteiger partial charge < -0.3 is 10.1 Å². The molecule has 114 valence electrons. The first kappa shape index (κ1) is 15.8. The van der Waals surface area contributed by atoms with Gasteiger partial charge in [0.2, 0.25) is 5.91 Å². The zero-order chi connectivity index (χ0) is 15.2. The minimum absolute atomic E-state index is 0.0474. The third-order valence-corrected chi connectivity index (χ3v) is 4.37. The summed E-state index contributed by atoms with van der Waals surface area (Å²) in [4.78, 5) is 23.0. The van der Waals surface area contributed by atoms with Crippen LogP contribution < -0.4 is 5.32 Å². The van der Waals surface area contributed by atoms with E-state index in [4.69, 9.17) is 4.74 Å². The van der Waals surface area contributed by atoms with Gasteiger partial charge in [0.25, 0.3) is 5.69 Å². The van der Waals surface area contributed by atoms with Gasteiger partial charge in [0.1, 0.15) is 0 Å². The van der Waals surface area contributed by atoms with Crippen molar-refractivity contribution in [3.8, 4) is 0 Å². The first-order valence-electron chi connectivity index (χ1n) is 6.86. The van der Waals surface area contributed by atoms with Gasteiger partial charge >= 0.3 is 0 Å². The number of carbonyl (C=O) groups is 1. The van der Waals surface area contributed by atoms with E-state index in [0.717, 1.165) is 24.3 Å². The minimum Gasteiger partial charge on any atom is -0.376 e. The molecule has 1 amide bonds. The second-order valence-corrected chi connectivity index (χ2v) is 6.31. The summed E-state index contributed by atoms with van der Waals surface area (Å²) in [5, 5.41) is 13.2. The SMILES string of the molecule is CC(Sc1ccc([N+](=O)[O-])cc1)C(=O)NCC1CCCO1.